The Labute approximate surface area is 164 Å². The van der Waals surface area contributed by atoms with Gasteiger partial charge in [0.05, 0.1) is 12.8 Å². The van der Waals surface area contributed by atoms with Crippen LogP contribution in [-0.2, 0) is 16.1 Å². The summed E-state index contributed by atoms with van der Waals surface area (Å²) < 4.78 is 11.9. The number of thiazole rings is 1. The normalized spacial score (nSPS) is 11.3. The summed E-state index contributed by atoms with van der Waals surface area (Å²) in [4.78, 5) is 28.8. The summed E-state index contributed by atoms with van der Waals surface area (Å²) in [5.74, 6) is 0.302. The second-order valence-corrected chi connectivity index (χ2v) is 6.93. The average Bonchev–Trinajstić information content (AvgIpc) is 3.19. The third-order valence-electron chi connectivity index (χ3n) is 4.20. The predicted molar refractivity (Wildman–Crippen MR) is 109 cm³/mol. The van der Waals surface area contributed by atoms with E-state index in [1.54, 1.807) is 24.8 Å². The first-order chi connectivity index (χ1) is 13.6. The van der Waals surface area contributed by atoms with Gasteiger partial charge in [-0.05, 0) is 40.6 Å². The second kappa shape index (κ2) is 7.66. The molecular weight excluding hydrogens is 376 g/mol. The van der Waals surface area contributed by atoms with Gasteiger partial charge in [-0.3, -0.25) is 9.20 Å². The number of carbonyl (C=O) groups excluding carboxylic acids is 1. The molecule has 0 spiro atoms. The van der Waals surface area contributed by atoms with E-state index in [1.165, 1.54) is 27.9 Å². The number of nitrogens with zero attached hydrogens (tertiary/aromatic N) is 2. The zero-order valence-corrected chi connectivity index (χ0v) is 15.8. The van der Waals surface area contributed by atoms with Crippen molar-refractivity contribution < 1.29 is 14.3 Å². The van der Waals surface area contributed by atoms with Gasteiger partial charge < -0.3 is 9.47 Å². The summed E-state index contributed by atoms with van der Waals surface area (Å²) in [6.45, 7) is -0.0513. The molecule has 7 heteroatoms. The Morgan fingerprint density at radius 2 is 2.00 bits per heavy atom. The average molecular weight is 392 g/mol. The molecule has 0 bridgehead atoms. The molecule has 2 aromatic heterocycles. The van der Waals surface area contributed by atoms with E-state index in [4.69, 9.17) is 9.47 Å². The Bertz CT molecular complexity index is 1260. The maximum Gasteiger partial charge on any atom is 0.331 e. The Kier molecular flexibility index (Phi) is 4.90. The highest BCUT2D eigenvalue weighted by atomic mass is 32.1. The SMILES string of the molecule is COc1ccc2cc(/C=C/C(=O)OCc3cc(=O)n4ccsc4n3)ccc2c1. The zero-order valence-electron chi connectivity index (χ0n) is 15.0. The lowest BCUT2D eigenvalue weighted by Gasteiger charge is -2.04. The second-order valence-electron chi connectivity index (χ2n) is 6.05. The number of aromatic nitrogens is 2. The van der Waals surface area contributed by atoms with Crippen LogP contribution < -0.4 is 10.3 Å². The Balaban J connectivity index is 1.43. The molecular formula is C21H16N2O4S. The Hall–Kier alpha value is -3.45. The molecule has 28 heavy (non-hydrogen) atoms. The topological polar surface area (TPSA) is 69.9 Å². The first-order valence-corrected chi connectivity index (χ1v) is 9.39. The number of fused-ring (bicyclic) bond motifs is 2. The van der Waals surface area contributed by atoms with Gasteiger partial charge in [-0.15, -0.1) is 11.3 Å². The maximum absolute atomic E-state index is 12.0. The molecule has 0 aliphatic rings. The van der Waals surface area contributed by atoms with E-state index in [1.807, 2.05) is 36.4 Å². The van der Waals surface area contributed by atoms with Crippen molar-refractivity contribution in [3.63, 3.8) is 0 Å². The summed E-state index contributed by atoms with van der Waals surface area (Å²) in [5.41, 5.74) is 1.11. The van der Waals surface area contributed by atoms with E-state index in [2.05, 4.69) is 4.98 Å². The molecule has 140 valence electrons. The first-order valence-electron chi connectivity index (χ1n) is 8.51. The maximum atomic E-state index is 12.0. The number of methoxy groups -OCH3 is 1. The number of hydrogen-bond donors (Lipinski definition) is 0. The Morgan fingerprint density at radius 1 is 1.18 bits per heavy atom. The summed E-state index contributed by atoms with van der Waals surface area (Å²) in [7, 11) is 1.63. The van der Waals surface area contributed by atoms with Crippen LogP contribution in [0.1, 0.15) is 11.3 Å². The monoisotopic (exact) mass is 392 g/mol. The highest BCUT2D eigenvalue weighted by Crippen LogP contribution is 2.22. The smallest absolute Gasteiger partial charge is 0.331 e. The lowest BCUT2D eigenvalue weighted by atomic mass is 10.1. The van der Waals surface area contributed by atoms with Gasteiger partial charge in [-0.1, -0.05) is 18.2 Å². The van der Waals surface area contributed by atoms with Gasteiger partial charge >= 0.3 is 5.97 Å². The summed E-state index contributed by atoms with van der Waals surface area (Å²) in [6.07, 6.45) is 4.71. The van der Waals surface area contributed by atoms with E-state index in [-0.39, 0.29) is 12.2 Å². The number of benzene rings is 2. The number of esters is 1. The van der Waals surface area contributed by atoms with E-state index >= 15 is 0 Å². The number of carbonyl (C=O) groups is 1. The van der Waals surface area contributed by atoms with Crippen molar-refractivity contribution in [2.75, 3.05) is 7.11 Å². The molecule has 4 rings (SSSR count). The van der Waals surface area contributed by atoms with Gasteiger partial charge in [0.15, 0.2) is 4.96 Å². The standard InChI is InChI=1S/C21H16N2O4S/c1-26-18-6-5-15-10-14(2-4-16(15)11-18)3-7-20(25)27-13-17-12-19(24)23-8-9-28-21(23)22-17/h2-12H,13H2,1H3/b7-3+. The number of ether oxygens (including phenoxy) is 2. The molecule has 0 fully saturated rings. The predicted octanol–water partition coefficient (Wildman–Crippen LogP) is 3.67. The molecule has 0 saturated heterocycles. The van der Waals surface area contributed by atoms with Crippen LogP contribution in [0.15, 0.2) is 64.9 Å². The summed E-state index contributed by atoms with van der Waals surface area (Å²) in [6, 6.07) is 13.0. The minimum Gasteiger partial charge on any atom is -0.497 e. The van der Waals surface area contributed by atoms with Crippen molar-refractivity contribution in [2.24, 2.45) is 0 Å². The minimum absolute atomic E-state index is 0.0513. The minimum atomic E-state index is -0.497. The summed E-state index contributed by atoms with van der Waals surface area (Å²) >= 11 is 1.35. The van der Waals surface area contributed by atoms with Crippen LogP contribution in [0.25, 0.3) is 21.8 Å². The van der Waals surface area contributed by atoms with Crippen LogP contribution in [-0.4, -0.2) is 22.5 Å². The molecule has 4 aromatic rings. The highest BCUT2D eigenvalue weighted by Gasteiger charge is 2.06. The third kappa shape index (κ3) is 3.79. The molecule has 0 radical (unpaired) electrons. The van der Waals surface area contributed by atoms with E-state index in [0.29, 0.717) is 10.7 Å². The van der Waals surface area contributed by atoms with Gasteiger partial charge in [-0.25, -0.2) is 9.78 Å². The molecule has 0 N–H and O–H groups in total. The lowest BCUT2D eigenvalue weighted by molar-refractivity contribution is -0.139. The van der Waals surface area contributed by atoms with Crippen LogP contribution in [0.4, 0.5) is 0 Å². The number of rotatable bonds is 5. The van der Waals surface area contributed by atoms with Crippen molar-refractivity contribution in [3.05, 3.63) is 81.7 Å². The fraction of sp³-hybridized carbons (Fsp3) is 0.0952. The van der Waals surface area contributed by atoms with Crippen LogP contribution in [0.2, 0.25) is 0 Å². The van der Waals surface area contributed by atoms with Crippen molar-refractivity contribution in [2.45, 2.75) is 6.61 Å². The highest BCUT2D eigenvalue weighted by molar-refractivity contribution is 7.15. The van der Waals surface area contributed by atoms with Gasteiger partial charge in [-0.2, -0.15) is 0 Å². The molecule has 2 heterocycles. The fourth-order valence-corrected chi connectivity index (χ4v) is 3.53. The van der Waals surface area contributed by atoms with Crippen LogP contribution >= 0.6 is 11.3 Å². The zero-order chi connectivity index (χ0) is 19.5. The van der Waals surface area contributed by atoms with Crippen molar-refractivity contribution in [3.8, 4) is 5.75 Å². The molecule has 0 atom stereocenters. The van der Waals surface area contributed by atoms with E-state index in [9.17, 15) is 9.59 Å². The van der Waals surface area contributed by atoms with Gasteiger partial charge in [0.25, 0.3) is 5.56 Å². The molecule has 0 aliphatic heterocycles. The molecule has 0 unspecified atom stereocenters. The third-order valence-corrected chi connectivity index (χ3v) is 4.96. The molecule has 0 aliphatic carbocycles. The van der Waals surface area contributed by atoms with Crippen molar-refractivity contribution in [1.82, 2.24) is 9.38 Å². The first kappa shape index (κ1) is 17.9. The Morgan fingerprint density at radius 3 is 2.86 bits per heavy atom. The molecule has 0 saturated carbocycles. The lowest BCUT2D eigenvalue weighted by Crippen LogP contribution is -2.14. The molecule has 2 aromatic carbocycles. The quantitative estimate of drug-likeness (QED) is 0.383. The van der Waals surface area contributed by atoms with Gasteiger partial charge in [0.2, 0.25) is 0 Å². The molecule has 6 nitrogen and oxygen atoms in total. The van der Waals surface area contributed by atoms with Gasteiger partial charge in [0.1, 0.15) is 12.4 Å². The fourth-order valence-electron chi connectivity index (χ4n) is 2.79. The number of hydrogen-bond acceptors (Lipinski definition) is 6. The van der Waals surface area contributed by atoms with Gasteiger partial charge in [0, 0.05) is 23.7 Å². The van der Waals surface area contributed by atoms with Crippen LogP contribution in [0.3, 0.4) is 0 Å². The van der Waals surface area contributed by atoms with E-state index < -0.39 is 5.97 Å². The van der Waals surface area contributed by atoms with Crippen LogP contribution in [0, 0.1) is 0 Å². The van der Waals surface area contributed by atoms with Crippen molar-refractivity contribution >= 4 is 39.1 Å². The van der Waals surface area contributed by atoms with E-state index in [0.717, 1.165) is 22.1 Å². The van der Waals surface area contributed by atoms with Crippen molar-refractivity contribution in [1.29, 1.82) is 0 Å². The largest absolute Gasteiger partial charge is 0.497 e. The van der Waals surface area contributed by atoms with Crippen LogP contribution in [0.5, 0.6) is 5.75 Å². The summed E-state index contributed by atoms with van der Waals surface area (Å²) in [5, 5.41) is 3.88. The molecule has 0 amide bonds.